The van der Waals surface area contributed by atoms with Crippen LogP contribution in [0.15, 0.2) is 48.6 Å². The van der Waals surface area contributed by atoms with E-state index >= 15 is 0 Å². The molecule has 0 rings (SSSR count). The van der Waals surface area contributed by atoms with Gasteiger partial charge in [0, 0.05) is 19.4 Å². The molecule has 0 spiro atoms. The molecule has 0 aromatic rings. The number of carbonyl (C=O) groups excluding carboxylic acids is 2. The largest absolute Gasteiger partial charge is 0.472 e. The van der Waals surface area contributed by atoms with Gasteiger partial charge in [0.2, 0.25) is 0 Å². The lowest BCUT2D eigenvalue weighted by atomic mass is 10.1. The Hall–Kier alpha value is -2.03. The molecule has 0 aliphatic carbocycles. The second-order valence-corrected chi connectivity index (χ2v) is 14.2. The number of allylic oxidation sites excluding steroid dienone is 8. The zero-order valence-corrected chi connectivity index (χ0v) is 32.7. The number of rotatable bonds is 36. The first-order valence-electron chi connectivity index (χ1n) is 19.6. The molecule has 0 aliphatic rings. The van der Waals surface area contributed by atoms with Crippen LogP contribution in [-0.4, -0.2) is 56.3 Å². The smallest absolute Gasteiger partial charge is 0.462 e. The van der Waals surface area contributed by atoms with Crippen molar-refractivity contribution in [1.82, 2.24) is 5.32 Å². The monoisotopic (exact) mass is 725 g/mol. The van der Waals surface area contributed by atoms with Gasteiger partial charge in [0.05, 0.1) is 13.2 Å². The number of hydrogen-bond acceptors (Lipinski definition) is 8. The first-order chi connectivity index (χ1) is 24.3. The van der Waals surface area contributed by atoms with Crippen molar-refractivity contribution >= 4 is 19.8 Å². The van der Waals surface area contributed by atoms with Crippen molar-refractivity contribution in [3.63, 3.8) is 0 Å². The van der Waals surface area contributed by atoms with Crippen LogP contribution >= 0.6 is 7.82 Å². The van der Waals surface area contributed by atoms with E-state index < -0.39 is 32.5 Å². The molecule has 290 valence electrons. The van der Waals surface area contributed by atoms with Gasteiger partial charge in [-0.25, -0.2) is 4.57 Å². The predicted molar refractivity (Wildman–Crippen MR) is 206 cm³/mol. The second kappa shape index (κ2) is 36.8. The van der Waals surface area contributed by atoms with E-state index in [0.29, 0.717) is 19.4 Å². The van der Waals surface area contributed by atoms with E-state index in [1.807, 2.05) is 0 Å². The Bertz CT molecular complexity index is 965. The summed E-state index contributed by atoms with van der Waals surface area (Å²) in [6, 6.07) is 0. The van der Waals surface area contributed by atoms with Crippen LogP contribution in [0.5, 0.6) is 0 Å². The Morgan fingerprint density at radius 3 is 1.74 bits per heavy atom. The maximum atomic E-state index is 12.5. The highest BCUT2D eigenvalue weighted by molar-refractivity contribution is 7.47. The summed E-state index contributed by atoms with van der Waals surface area (Å²) in [7, 11) is -2.67. The third-order valence-electron chi connectivity index (χ3n) is 7.92. The van der Waals surface area contributed by atoms with Gasteiger partial charge in [-0.2, -0.15) is 0 Å². The lowest BCUT2D eigenvalue weighted by Crippen LogP contribution is -2.29. The summed E-state index contributed by atoms with van der Waals surface area (Å²) in [5.41, 5.74) is 0. The van der Waals surface area contributed by atoms with Gasteiger partial charge in [-0.1, -0.05) is 127 Å². The maximum Gasteiger partial charge on any atom is 0.472 e. The molecule has 0 saturated heterocycles. The van der Waals surface area contributed by atoms with E-state index in [0.717, 1.165) is 64.2 Å². The summed E-state index contributed by atoms with van der Waals surface area (Å²) < 4.78 is 33.0. The number of hydrogen-bond donors (Lipinski definition) is 2. The molecular formula is C40H72NO8P. The summed E-state index contributed by atoms with van der Waals surface area (Å²) in [4.78, 5) is 34.8. The highest BCUT2D eigenvalue weighted by Gasteiger charge is 2.26. The van der Waals surface area contributed by atoms with Crippen molar-refractivity contribution in [1.29, 1.82) is 0 Å². The lowest BCUT2D eigenvalue weighted by molar-refractivity contribution is -0.161. The molecule has 9 nitrogen and oxygen atoms in total. The van der Waals surface area contributed by atoms with Gasteiger partial charge in [0.15, 0.2) is 6.10 Å². The van der Waals surface area contributed by atoms with Crippen LogP contribution in [0.1, 0.15) is 155 Å². The average Bonchev–Trinajstić information content (AvgIpc) is 3.09. The van der Waals surface area contributed by atoms with Crippen LogP contribution in [0.4, 0.5) is 0 Å². The van der Waals surface area contributed by atoms with E-state index in [9.17, 15) is 19.0 Å². The van der Waals surface area contributed by atoms with Crippen LogP contribution in [-0.2, 0) is 32.7 Å². The predicted octanol–water partition coefficient (Wildman–Crippen LogP) is 10.6. The fraction of sp³-hybridized carbons (Fsp3) is 0.750. The molecule has 0 bridgehead atoms. The molecule has 0 aromatic heterocycles. The molecule has 0 fully saturated rings. The van der Waals surface area contributed by atoms with E-state index in [-0.39, 0.29) is 26.1 Å². The lowest BCUT2D eigenvalue weighted by Gasteiger charge is -2.20. The Labute approximate surface area is 305 Å². The number of unbranched alkanes of at least 4 members (excludes halogenated alkanes) is 14. The fourth-order valence-electron chi connectivity index (χ4n) is 4.90. The zero-order valence-electron chi connectivity index (χ0n) is 31.8. The number of phosphoric acid groups is 1. The Balaban J connectivity index is 4.36. The van der Waals surface area contributed by atoms with Gasteiger partial charge < -0.3 is 19.7 Å². The fourth-order valence-corrected chi connectivity index (χ4v) is 5.65. The van der Waals surface area contributed by atoms with Gasteiger partial charge in [0.25, 0.3) is 0 Å². The Morgan fingerprint density at radius 2 is 1.12 bits per heavy atom. The minimum Gasteiger partial charge on any atom is -0.462 e. The normalized spacial score (nSPS) is 13.9. The SMILES string of the molecule is CCCC/C=C\CCCCCCCC(=O)OC(COC(=O)CCC/C=C\C/C=C\C/C=C\CCCCCCCC)COP(=O)(O)OCCNC. The van der Waals surface area contributed by atoms with Crippen LogP contribution in [0.2, 0.25) is 0 Å². The van der Waals surface area contributed by atoms with Gasteiger partial charge in [-0.15, -0.1) is 0 Å². The summed E-state index contributed by atoms with van der Waals surface area (Å²) in [6.07, 6.45) is 38.8. The molecule has 0 saturated carbocycles. The minimum absolute atomic E-state index is 0.0275. The van der Waals surface area contributed by atoms with Crippen LogP contribution in [0.25, 0.3) is 0 Å². The quantitative estimate of drug-likeness (QED) is 0.0281. The van der Waals surface area contributed by atoms with Crippen molar-refractivity contribution < 1.29 is 37.6 Å². The molecule has 0 aromatic carbocycles. The van der Waals surface area contributed by atoms with Gasteiger partial charge in [-0.05, 0) is 71.3 Å². The highest BCUT2D eigenvalue weighted by atomic mass is 31.2. The molecule has 0 heterocycles. The Morgan fingerprint density at radius 1 is 0.620 bits per heavy atom. The molecule has 10 heteroatoms. The minimum atomic E-state index is -4.36. The molecular weight excluding hydrogens is 653 g/mol. The van der Waals surface area contributed by atoms with Crippen molar-refractivity contribution in [3.05, 3.63) is 48.6 Å². The topological polar surface area (TPSA) is 120 Å². The van der Waals surface area contributed by atoms with Crippen LogP contribution in [0, 0.1) is 0 Å². The summed E-state index contributed by atoms with van der Waals surface area (Å²) in [5.74, 6) is -0.884. The van der Waals surface area contributed by atoms with Crippen molar-refractivity contribution in [2.24, 2.45) is 0 Å². The molecule has 2 N–H and O–H groups in total. The summed E-state index contributed by atoms with van der Waals surface area (Å²) in [5, 5.41) is 2.81. The third-order valence-corrected chi connectivity index (χ3v) is 8.91. The third kappa shape index (κ3) is 35.8. The number of nitrogens with one attached hydrogen (secondary N) is 1. The van der Waals surface area contributed by atoms with Gasteiger partial charge >= 0.3 is 19.8 Å². The van der Waals surface area contributed by atoms with E-state index in [1.165, 1.54) is 51.4 Å². The molecule has 50 heavy (non-hydrogen) atoms. The summed E-state index contributed by atoms with van der Waals surface area (Å²) >= 11 is 0. The number of esters is 2. The van der Waals surface area contributed by atoms with E-state index in [4.69, 9.17) is 18.5 Å². The van der Waals surface area contributed by atoms with Crippen LogP contribution < -0.4 is 5.32 Å². The maximum absolute atomic E-state index is 12.5. The first kappa shape index (κ1) is 48.0. The molecule has 0 radical (unpaired) electrons. The molecule has 2 atom stereocenters. The van der Waals surface area contributed by atoms with Gasteiger partial charge in [0.1, 0.15) is 6.61 Å². The van der Waals surface area contributed by atoms with Crippen molar-refractivity contribution in [2.45, 2.75) is 161 Å². The van der Waals surface area contributed by atoms with Crippen molar-refractivity contribution in [2.75, 3.05) is 33.4 Å². The number of likely N-dealkylation sites (N-methyl/N-ethyl adjacent to an activating group) is 1. The standard InChI is InChI=1S/C40H72NO8P/c1-4-6-8-10-12-14-16-17-18-19-20-21-23-24-26-28-30-32-39(42)46-36-38(37-48-50(44,45)47-35-34-41-3)49-40(43)33-31-29-27-25-22-15-13-11-9-7-5-2/h11,13,17-18,20-21,24,26,38,41H,4-10,12,14-16,19,22-23,25,27-37H2,1-3H3,(H,44,45)/b13-11-,18-17-,21-20-,26-24-. The van der Waals surface area contributed by atoms with Gasteiger partial charge in [-0.3, -0.25) is 18.6 Å². The number of carbonyl (C=O) groups is 2. The number of ether oxygens (including phenoxy) is 2. The van der Waals surface area contributed by atoms with E-state index in [1.54, 1.807) is 7.05 Å². The van der Waals surface area contributed by atoms with Crippen molar-refractivity contribution in [3.8, 4) is 0 Å². The van der Waals surface area contributed by atoms with E-state index in [2.05, 4.69) is 67.8 Å². The highest BCUT2D eigenvalue weighted by Crippen LogP contribution is 2.43. The molecule has 2 unspecified atom stereocenters. The average molecular weight is 726 g/mol. The zero-order chi connectivity index (χ0) is 36.8. The van der Waals surface area contributed by atoms with Crippen LogP contribution in [0.3, 0.4) is 0 Å². The summed E-state index contributed by atoms with van der Waals surface area (Å²) in [6.45, 7) is 4.09. The Kier molecular flexibility index (Phi) is 35.3. The number of phosphoric ester groups is 1. The first-order valence-corrected chi connectivity index (χ1v) is 21.1. The molecule has 0 aliphatic heterocycles. The molecule has 0 amide bonds. The second-order valence-electron chi connectivity index (χ2n) is 12.8.